The van der Waals surface area contributed by atoms with E-state index in [-0.39, 0.29) is 26.4 Å². The van der Waals surface area contributed by atoms with Crippen LogP contribution in [0.15, 0.2) is 91.0 Å². The van der Waals surface area contributed by atoms with E-state index in [0.717, 1.165) is 16.7 Å². The van der Waals surface area contributed by atoms with Gasteiger partial charge in [0.25, 0.3) is 0 Å². The van der Waals surface area contributed by atoms with Crippen LogP contribution in [0.25, 0.3) is 0 Å². The molecule has 0 aliphatic rings. The minimum absolute atomic E-state index is 0.138. The summed E-state index contributed by atoms with van der Waals surface area (Å²) in [5.41, 5.74) is 2.82. The summed E-state index contributed by atoms with van der Waals surface area (Å²) < 4.78 is 17.2. The van der Waals surface area contributed by atoms with Crippen LogP contribution in [0.1, 0.15) is 16.7 Å². The highest BCUT2D eigenvalue weighted by atomic mass is 16.5. The molecule has 3 aromatic carbocycles. The molecule has 7 heteroatoms. The Morgan fingerprint density at radius 3 is 1.83 bits per heavy atom. The summed E-state index contributed by atoms with van der Waals surface area (Å²) in [5.74, 6) is -0.436. The van der Waals surface area contributed by atoms with Crippen LogP contribution in [0, 0.1) is 5.92 Å². The van der Waals surface area contributed by atoms with Gasteiger partial charge in [0.05, 0.1) is 32.5 Å². The standard InChI is InChI=1S/C28H33NO6/c30-17-26(31)27(34-19-23-12-6-2-7-13-23)25(21-33-18-22-10-4-1-5-11-22)16-29-28(32)35-20-24-14-8-3-9-15-24/h1-15,25-27,30-31H,16-21H2,(H,29,32)/t25-,26-,27+/m1/s1. The van der Waals surface area contributed by atoms with Crippen LogP contribution in [0.2, 0.25) is 0 Å². The highest BCUT2D eigenvalue weighted by Gasteiger charge is 2.30. The highest BCUT2D eigenvalue weighted by Crippen LogP contribution is 2.17. The van der Waals surface area contributed by atoms with Gasteiger partial charge in [0, 0.05) is 12.5 Å². The molecule has 1 amide bonds. The van der Waals surface area contributed by atoms with Crippen molar-refractivity contribution in [3.8, 4) is 0 Å². The van der Waals surface area contributed by atoms with E-state index >= 15 is 0 Å². The molecule has 3 rings (SSSR count). The van der Waals surface area contributed by atoms with E-state index in [0.29, 0.717) is 6.61 Å². The molecular weight excluding hydrogens is 446 g/mol. The molecule has 0 aliphatic carbocycles. The highest BCUT2D eigenvalue weighted by molar-refractivity contribution is 5.67. The van der Waals surface area contributed by atoms with Crippen molar-refractivity contribution in [1.29, 1.82) is 0 Å². The summed E-state index contributed by atoms with van der Waals surface area (Å²) in [6.07, 6.45) is -2.50. The second-order valence-electron chi connectivity index (χ2n) is 8.21. The number of carbonyl (C=O) groups excluding carboxylic acids is 1. The summed E-state index contributed by atoms with van der Waals surface area (Å²) in [7, 11) is 0. The molecule has 0 saturated heterocycles. The fourth-order valence-corrected chi connectivity index (χ4v) is 3.59. The van der Waals surface area contributed by atoms with Crippen LogP contribution in [-0.4, -0.2) is 48.3 Å². The van der Waals surface area contributed by atoms with Gasteiger partial charge in [-0.05, 0) is 16.7 Å². The predicted molar refractivity (Wildman–Crippen MR) is 132 cm³/mol. The molecule has 186 valence electrons. The van der Waals surface area contributed by atoms with Crippen molar-refractivity contribution in [2.45, 2.75) is 32.0 Å². The lowest BCUT2D eigenvalue weighted by Crippen LogP contribution is -2.45. The van der Waals surface area contributed by atoms with Gasteiger partial charge in [0.2, 0.25) is 0 Å². The minimum atomic E-state index is -1.15. The van der Waals surface area contributed by atoms with Crippen molar-refractivity contribution >= 4 is 6.09 Å². The first kappa shape index (κ1) is 26.4. The number of amides is 1. The van der Waals surface area contributed by atoms with E-state index in [4.69, 9.17) is 14.2 Å². The molecule has 0 radical (unpaired) electrons. The number of aliphatic hydroxyl groups excluding tert-OH is 2. The van der Waals surface area contributed by atoms with E-state index in [1.807, 2.05) is 91.0 Å². The Labute approximate surface area is 206 Å². The molecule has 7 nitrogen and oxygen atoms in total. The van der Waals surface area contributed by atoms with Gasteiger partial charge in [-0.15, -0.1) is 0 Å². The largest absolute Gasteiger partial charge is 0.445 e. The Morgan fingerprint density at radius 1 is 0.771 bits per heavy atom. The molecule has 35 heavy (non-hydrogen) atoms. The first-order valence-electron chi connectivity index (χ1n) is 11.7. The first-order valence-corrected chi connectivity index (χ1v) is 11.7. The number of benzene rings is 3. The van der Waals surface area contributed by atoms with E-state index in [1.165, 1.54) is 0 Å². The molecule has 3 aromatic rings. The number of carbonyl (C=O) groups is 1. The van der Waals surface area contributed by atoms with Crippen molar-refractivity contribution < 1.29 is 29.2 Å². The van der Waals surface area contributed by atoms with Gasteiger partial charge in [0.15, 0.2) is 0 Å². The molecule has 0 heterocycles. The zero-order chi connectivity index (χ0) is 24.7. The number of hydrogen-bond acceptors (Lipinski definition) is 6. The zero-order valence-electron chi connectivity index (χ0n) is 19.7. The maximum atomic E-state index is 12.3. The SMILES string of the molecule is O=C(NC[C@H](COCc1ccccc1)[C@H](OCc1ccccc1)[C@H](O)CO)OCc1ccccc1. The topological polar surface area (TPSA) is 97.3 Å². The number of aliphatic hydroxyl groups is 2. The van der Waals surface area contributed by atoms with Crippen LogP contribution in [0.3, 0.4) is 0 Å². The number of hydrogen-bond donors (Lipinski definition) is 3. The van der Waals surface area contributed by atoms with E-state index in [2.05, 4.69) is 5.32 Å². The van der Waals surface area contributed by atoms with Crippen LogP contribution in [0.5, 0.6) is 0 Å². The van der Waals surface area contributed by atoms with Gasteiger partial charge < -0.3 is 29.7 Å². The number of nitrogens with one attached hydrogen (secondary N) is 1. The maximum absolute atomic E-state index is 12.3. The fraction of sp³-hybridized carbons (Fsp3) is 0.321. The van der Waals surface area contributed by atoms with Crippen molar-refractivity contribution in [2.24, 2.45) is 5.92 Å². The van der Waals surface area contributed by atoms with Crippen molar-refractivity contribution in [3.63, 3.8) is 0 Å². The summed E-state index contributed by atoms with van der Waals surface area (Å²) in [4.78, 5) is 12.3. The van der Waals surface area contributed by atoms with Crippen LogP contribution in [0.4, 0.5) is 4.79 Å². The number of rotatable bonds is 14. The number of ether oxygens (including phenoxy) is 3. The first-order chi connectivity index (χ1) is 17.2. The summed E-state index contributed by atoms with van der Waals surface area (Å²) in [6.45, 7) is 0.623. The third-order valence-electron chi connectivity index (χ3n) is 5.48. The zero-order valence-corrected chi connectivity index (χ0v) is 19.7. The Morgan fingerprint density at radius 2 is 1.29 bits per heavy atom. The second-order valence-corrected chi connectivity index (χ2v) is 8.21. The summed E-state index contributed by atoms with van der Waals surface area (Å²) in [5, 5.41) is 22.9. The summed E-state index contributed by atoms with van der Waals surface area (Å²) in [6, 6.07) is 28.7. The molecule has 3 N–H and O–H groups in total. The average Bonchev–Trinajstić information content (AvgIpc) is 2.91. The molecule has 3 atom stereocenters. The molecule has 0 aromatic heterocycles. The van der Waals surface area contributed by atoms with Crippen molar-refractivity contribution in [2.75, 3.05) is 19.8 Å². The van der Waals surface area contributed by atoms with Gasteiger partial charge in [-0.25, -0.2) is 4.79 Å². The van der Waals surface area contributed by atoms with E-state index < -0.39 is 30.8 Å². The molecule has 0 bridgehead atoms. The summed E-state index contributed by atoms with van der Waals surface area (Å²) >= 11 is 0. The molecule has 0 spiro atoms. The van der Waals surface area contributed by atoms with Gasteiger partial charge in [0.1, 0.15) is 12.7 Å². The fourth-order valence-electron chi connectivity index (χ4n) is 3.59. The Kier molecular flexibility index (Phi) is 11.2. The van der Waals surface area contributed by atoms with Crippen LogP contribution < -0.4 is 5.32 Å². The van der Waals surface area contributed by atoms with E-state index in [1.54, 1.807) is 0 Å². The predicted octanol–water partition coefficient (Wildman–Crippen LogP) is 3.68. The third-order valence-corrected chi connectivity index (χ3v) is 5.48. The monoisotopic (exact) mass is 479 g/mol. The van der Waals surface area contributed by atoms with Gasteiger partial charge in [-0.2, -0.15) is 0 Å². The van der Waals surface area contributed by atoms with Crippen LogP contribution in [-0.2, 0) is 34.0 Å². The normalized spacial score (nSPS) is 13.5. The Balaban J connectivity index is 1.61. The van der Waals surface area contributed by atoms with Crippen molar-refractivity contribution in [1.82, 2.24) is 5.32 Å². The minimum Gasteiger partial charge on any atom is -0.445 e. The lowest BCUT2D eigenvalue weighted by molar-refractivity contribution is -0.107. The lowest BCUT2D eigenvalue weighted by atomic mass is 9.98. The van der Waals surface area contributed by atoms with Crippen molar-refractivity contribution in [3.05, 3.63) is 108 Å². The third kappa shape index (κ3) is 9.50. The van der Waals surface area contributed by atoms with Gasteiger partial charge >= 0.3 is 6.09 Å². The Hall–Kier alpha value is -3.23. The van der Waals surface area contributed by atoms with E-state index in [9.17, 15) is 15.0 Å². The van der Waals surface area contributed by atoms with Crippen LogP contribution >= 0.6 is 0 Å². The molecule has 0 fully saturated rings. The van der Waals surface area contributed by atoms with Gasteiger partial charge in [-0.3, -0.25) is 0 Å². The average molecular weight is 480 g/mol. The maximum Gasteiger partial charge on any atom is 0.407 e. The number of alkyl carbamates (subject to hydrolysis) is 1. The molecular formula is C28H33NO6. The quantitative estimate of drug-likeness (QED) is 0.326. The lowest BCUT2D eigenvalue weighted by Gasteiger charge is -2.30. The second kappa shape index (κ2) is 14.9. The molecule has 0 aliphatic heterocycles. The molecule has 0 unspecified atom stereocenters. The smallest absolute Gasteiger partial charge is 0.407 e. The molecule has 0 saturated carbocycles. The van der Waals surface area contributed by atoms with Gasteiger partial charge in [-0.1, -0.05) is 91.0 Å². The Bertz CT molecular complexity index is 971.